The number of hydrogen-bond donors (Lipinski definition) is 0. The molecule has 0 radical (unpaired) electrons. The van der Waals surface area contributed by atoms with E-state index < -0.39 is 0 Å². The molecule has 1 aromatic rings. The highest BCUT2D eigenvalue weighted by Gasteiger charge is 2.38. The number of allylic oxidation sites excluding steroid dienone is 4. The average molecular weight is 451 g/mol. The third-order valence-electron chi connectivity index (χ3n) is 9.54. The minimum atomic E-state index is 0.0127. The molecular formula is C32H47F. The first-order valence-electron chi connectivity index (χ1n) is 14.2. The smallest absolute Gasteiger partial charge is 0.126 e. The van der Waals surface area contributed by atoms with Gasteiger partial charge in [-0.3, -0.25) is 0 Å². The summed E-state index contributed by atoms with van der Waals surface area (Å²) in [6.45, 7) is 4.17. The lowest BCUT2D eigenvalue weighted by Gasteiger charge is -2.45. The second-order valence-corrected chi connectivity index (χ2v) is 11.5. The van der Waals surface area contributed by atoms with E-state index in [0.29, 0.717) is 5.92 Å². The van der Waals surface area contributed by atoms with Gasteiger partial charge in [-0.15, -0.1) is 0 Å². The van der Waals surface area contributed by atoms with Crippen LogP contribution in [0, 0.1) is 35.4 Å². The maximum atomic E-state index is 14.6. The number of halogens is 1. The fourth-order valence-corrected chi connectivity index (χ4v) is 7.56. The molecule has 33 heavy (non-hydrogen) atoms. The molecule has 3 aliphatic rings. The molecule has 1 heteroatoms. The minimum absolute atomic E-state index is 0.0127. The summed E-state index contributed by atoms with van der Waals surface area (Å²) < 4.78 is 14.6. The molecule has 4 unspecified atom stereocenters. The van der Waals surface area contributed by atoms with Gasteiger partial charge in [0.1, 0.15) is 5.82 Å². The van der Waals surface area contributed by atoms with Gasteiger partial charge in [-0.25, -0.2) is 4.39 Å². The molecular weight excluding hydrogens is 403 g/mol. The van der Waals surface area contributed by atoms with E-state index in [0.717, 1.165) is 48.0 Å². The van der Waals surface area contributed by atoms with Crippen LogP contribution >= 0.6 is 0 Å². The highest BCUT2D eigenvalue weighted by molar-refractivity contribution is 5.28. The fraction of sp³-hybridized carbons (Fsp3) is 0.688. The summed E-state index contributed by atoms with van der Waals surface area (Å²) in [6, 6.07) is 6.13. The van der Waals surface area contributed by atoms with Crippen LogP contribution in [0.15, 0.2) is 42.5 Å². The van der Waals surface area contributed by atoms with Gasteiger partial charge in [-0.1, -0.05) is 42.9 Å². The molecule has 0 amide bonds. The lowest BCUT2D eigenvalue weighted by Crippen LogP contribution is -2.34. The molecule has 3 fully saturated rings. The summed E-state index contributed by atoms with van der Waals surface area (Å²) in [5.74, 6) is 5.52. The van der Waals surface area contributed by atoms with Gasteiger partial charge in [0.25, 0.3) is 0 Å². The summed E-state index contributed by atoms with van der Waals surface area (Å²) >= 11 is 0. The van der Waals surface area contributed by atoms with Crippen LogP contribution in [0.4, 0.5) is 4.39 Å². The second kappa shape index (κ2) is 12.4. The summed E-state index contributed by atoms with van der Waals surface area (Å²) in [5, 5.41) is 0. The van der Waals surface area contributed by atoms with Crippen molar-refractivity contribution in [2.45, 2.75) is 110 Å². The minimum Gasteiger partial charge on any atom is -0.207 e. The van der Waals surface area contributed by atoms with E-state index >= 15 is 0 Å². The molecule has 4 rings (SSSR count). The van der Waals surface area contributed by atoms with E-state index in [-0.39, 0.29) is 5.82 Å². The Morgan fingerprint density at radius 3 is 2.12 bits per heavy atom. The Balaban J connectivity index is 1.23. The van der Waals surface area contributed by atoms with Crippen molar-refractivity contribution in [1.29, 1.82) is 0 Å². The van der Waals surface area contributed by atoms with Gasteiger partial charge in [-0.2, -0.15) is 0 Å². The van der Waals surface area contributed by atoms with Gasteiger partial charge in [0.15, 0.2) is 0 Å². The van der Waals surface area contributed by atoms with Crippen LogP contribution in [0.2, 0.25) is 0 Å². The van der Waals surface area contributed by atoms with E-state index in [1.165, 1.54) is 82.6 Å². The normalized spacial score (nSPS) is 32.9. The first kappa shape index (κ1) is 24.7. The van der Waals surface area contributed by atoms with Crippen LogP contribution < -0.4 is 0 Å². The van der Waals surface area contributed by atoms with Crippen molar-refractivity contribution < 1.29 is 4.39 Å². The Hall–Kier alpha value is -1.37. The van der Waals surface area contributed by atoms with Crippen LogP contribution in [-0.4, -0.2) is 0 Å². The number of rotatable bonds is 8. The predicted octanol–water partition coefficient (Wildman–Crippen LogP) is 9.80. The highest BCUT2D eigenvalue weighted by atomic mass is 19.1. The third kappa shape index (κ3) is 6.61. The van der Waals surface area contributed by atoms with Crippen LogP contribution in [0.1, 0.15) is 114 Å². The number of benzene rings is 1. The topological polar surface area (TPSA) is 0 Å². The fourth-order valence-electron chi connectivity index (χ4n) is 7.56. The van der Waals surface area contributed by atoms with Gasteiger partial charge < -0.3 is 0 Å². The molecule has 3 saturated carbocycles. The van der Waals surface area contributed by atoms with Gasteiger partial charge in [0.05, 0.1) is 0 Å². The van der Waals surface area contributed by atoms with Crippen molar-refractivity contribution in [2.75, 3.05) is 0 Å². The van der Waals surface area contributed by atoms with E-state index in [1.807, 2.05) is 13.0 Å². The van der Waals surface area contributed by atoms with Crippen molar-refractivity contribution in [2.24, 2.45) is 29.6 Å². The zero-order chi connectivity index (χ0) is 23.0. The summed E-state index contributed by atoms with van der Waals surface area (Å²) in [5.41, 5.74) is 2.12. The molecule has 1 aromatic carbocycles. The SMILES string of the molecule is C/C=C/CCc1ccc(C2CCC(C3CCC4CC(CC/C=C/C)CCC4C3)CC2)cc1F. The largest absolute Gasteiger partial charge is 0.207 e. The lowest BCUT2D eigenvalue weighted by molar-refractivity contribution is 0.0621. The molecule has 182 valence electrons. The summed E-state index contributed by atoms with van der Waals surface area (Å²) in [7, 11) is 0. The Bertz CT molecular complexity index is 782. The maximum Gasteiger partial charge on any atom is 0.126 e. The first-order chi connectivity index (χ1) is 16.2. The van der Waals surface area contributed by atoms with Gasteiger partial charge in [0.2, 0.25) is 0 Å². The molecule has 0 nitrogen and oxygen atoms in total. The van der Waals surface area contributed by atoms with E-state index in [4.69, 9.17) is 0 Å². The zero-order valence-corrected chi connectivity index (χ0v) is 21.3. The molecule has 0 spiro atoms. The van der Waals surface area contributed by atoms with Gasteiger partial charge in [0, 0.05) is 0 Å². The number of aryl methyl sites for hydroxylation is 1. The Kier molecular flexibility index (Phi) is 9.27. The van der Waals surface area contributed by atoms with Crippen molar-refractivity contribution in [3.8, 4) is 0 Å². The van der Waals surface area contributed by atoms with Crippen molar-refractivity contribution in [1.82, 2.24) is 0 Å². The molecule has 0 heterocycles. The van der Waals surface area contributed by atoms with Crippen LogP contribution in [-0.2, 0) is 6.42 Å². The van der Waals surface area contributed by atoms with Crippen molar-refractivity contribution >= 4 is 0 Å². The molecule has 0 N–H and O–H groups in total. The summed E-state index contributed by atoms with van der Waals surface area (Å²) in [6.07, 6.45) is 27.4. The maximum absolute atomic E-state index is 14.6. The Labute approximate surface area is 203 Å². The van der Waals surface area contributed by atoms with Crippen LogP contribution in [0.3, 0.4) is 0 Å². The lowest BCUT2D eigenvalue weighted by atomic mass is 9.60. The average Bonchev–Trinajstić information content (AvgIpc) is 2.85. The Morgan fingerprint density at radius 2 is 1.39 bits per heavy atom. The quantitative estimate of drug-likeness (QED) is 0.346. The molecule has 4 atom stereocenters. The molecule has 0 bridgehead atoms. The second-order valence-electron chi connectivity index (χ2n) is 11.5. The molecule has 0 aliphatic heterocycles. The van der Waals surface area contributed by atoms with Crippen molar-refractivity contribution in [3.05, 3.63) is 59.4 Å². The third-order valence-corrected chi connectivity index (χ3v) is 9.54. The standard InChI is InChI=1S/C32H47F/c1-3-5-7-9-24-11-12-30-22-29(20-19-28(30)21-24)25-13-15-26(16-14-25)31-18-17-27(32(33)23-31)10-8-6-4-2/h3-6,17-18,23-26,28-30H,7-16,19-22H2,1-2H3/b5-3+,6-4+. The van der Waals surface area contributed by atoms with Crippen LogP contribution in [0.5, 0.6) is 0 Å². The van der Waals surface area contributed by atoms with E-state index in [2.05, 4.69) is 43.4 Å². The van der Waals surface area contributed by atoms with Crippen LogP contribution in [0.25, 0.3) is 0 Å². The number of hydrogen-bond acceptors (Lipinski definition) is 0. The first-order valence-corrected chi connectivity index (χ1v) is 14.2. The summed E-state index contributed by atoms with van der Waals surface area (Å²) in [4.78, 5) is 0. The van der Waals surface area contributed by atoms with Crippen molar-refractivity contribution in [3.63, 3.8) is 0 Å². The predicted molar refractivity (Wildman–Crippen MR) is 140 cm³/mol. The van der Waals surface area contributed by atoms with Gasteiger partial charge in [-0.05, 0) is 150 Å². The molecule has 3 aliphatic carbocycles. The van der Waals surface area contributed by atoms with E-state index in [9.17, 15) is 4.39 Å². The number of fused-ring (bicyclic) bond motifs is 1. The van der Waals surface area contributed by atoms with E-state index in [1.54, 1.807) is 0 Å². The highest BCUT2D eigenvalue weighted by Crippen LogP contribution is 2.50. The molecule has 0 saturated heterocycles. The zero-order valence-electron chi connectivity index (χ0n) is 21.3. The molecule has 0 aromatic heterocycles. The monoisotopic (exact) mass is 450 g/mol. The Morgan fingerprint density at radius 1 is 0.758 bits per heavy atom. The van der Waals surface area contributed by atoms with Gasteiger partial charge >= 0.3 is 0 Å².